The van der Waals surface area contributed by atoms with E-state index in [1.165, 1.54) is 35.5 Å². The lowest BCUT2D eigenvalue weighted by molar-refractivity contribution is -0.384. The lowest BCUT2D eigenvalue weighted by Gasteiger charge is -2.19. The highest BCUT2D eigenvalue weighted by atomic mass is 32.2. The Hall–Kier alpha value is -3.99. The molecule has 32 heavy (non-hydrogen) atoms. The maximum Gasteiger partial charge on any atom is 0.274 e. The standard InChI is InChI=1S/C21H18N4O6S/c1-32(29,30)23-16-9-7-14(8-10-16)18-13-19(20-6-3-11-31-20)24(22-18)21(26)15-4-2-5-17(12-15)25(27)28/h2-12,19,23H,13H2,1H3/t19-/m0/s1. The molecular weight excluding hydrogens is 436 g/mol. The lowest BCUT2D eigenvalue weighted by atomic mass is 10.0. The molecular formula is C21H18N4O6S. The van der Waals surface area contributed by atoms with Gasteiger partial charge in [-0.15, -0.1) is 0 Å². The number of amides is 1. The number of hydrogen-bond acceptors (Lipinski definition) is 7. The summed E-state index contributed by atoms with van der Waals surface area (Å²) in [5.74, 6) is 0.0263. The molecule has 11 heteroatoms. The van der Waals surface area contributed by atoms with Gasteiger partial charge in [0.15, 0.2) is 0 Å². The molecule has 0 saturated carbocycles. The molecule has 0 unspecified atom stereocenters. The monoisotopic (exact) mass is 454 g/mol. The van der Waals surface area contributed by atoms with Gasteiger partial charge < -0.3 is 4.42 Å². The smallest absolute Gasteiger partial charge is 0.274 e. The Kier molecular flexibility index (Phi) is 5.49. The van der Waals surface area contributed by atoms with E-state index >= 15 is 0 Å². The van der Waals surface area contributed by atoms with Gasteiger partial charge in [0.25, 0.3) is 11.6 Å². The van der Waals surface area contributed by atoms with Crippen LogP contribution in [0.1, 0.15) is 34.1 Å². The third-order valence-corrected chi connectivity index (χ3v) is 5.42. The number of hydrogen-bond donors (Lipinski definition) is 1. The summed E-state index contributed by atoms with van der Waals surface area (Å²) in [6, 6.07) is 15.0. The summed E-state index contributed by atoms with van der Waals surface area (Å²) in [7, 11) is -3.40. The Morgan fingerprint density at radius 3 is 2.56 bits per heavy atom. The van der Waals surface area contributed by atoms with E-state index in [0.717, 1.165) is 6.26 Å². The summed E-state index contributed by atoms with van der Waals surface area (Å²) in [5, 5.41) is 16.8. The third kappa shape index (κ3) is 4.52. The lowest BCUT2D eigenvalue weighted by Crippen LogP contribution is -2.26. The maximum absolute atomic E-state index is 13.2. The zero-order valence-corrected chi connectivity index (χ0v) is 17.7. The van der Waals surface area contributed by atoms with Crippen molar-refractivity contribution in [2.45, 2.75) is 12.5 Å². The maximum atomic E-state index is 13.2. The topological polar surface area (TPSA) is 135 Å². The van der Waals surface area contributed by atoms with Crippen molar-refractivity contribution in [1.29, 1.82) is 0 Å². The minimum Gasteiger partial charge on any atom is -0.467 e. The van der Waals surface area contributed by atoms with Crippen molar-refractivity contribution in [3.8, 4) is 0 Å². The predicted octanol–water partition coefficient (Wildman–Crippen LogP) is 3.55. The molecule has 0 saturated heterocycles. The number of benzene rings is 2. The van der Waals surface area contributed by atoms with E-state index in [9.17, 15) is 23.3 Å². The molecule has 164 valence electrons. The molecule has 1 amide bonds. The van der Waals surface area contributed by atoms with Crippen molar-refractivity contribution in [2.24, 2.45) is 5.10 Å². The normalized spacial score (nSPS) is 16.0. The fourth-order valence-electron chi connectivity index (χ4n) is 3.40. The van der Waals surface area contributed by atoms with E-state index in [-0.39, 0.29) is 11.3 Å². The molecule has 10 nitrogen and oxygen atoms in total. The number of nitro groups is 1. The van der Waals surface area contributed by atoms with Gasteiger partial charge in [-0.2, -0.15) is 5.10 Å². The van der Waals surface area contributed by atoms with Gasteiger partial charge in [0.1, 0.15) is 11.8 Å². The Balaban J connectivity index is 1.67. The summed E-state index contributed by atoms with van der Waals surface area (Å²) in [4.78, 5) is 23.7. The van der Waals surface area contributed by atoms with Crippen molar-refractivity contribution >= 4 is 33.0 Å². The Labute approximate surface area is 183 Å². The third-order valence-electron chi connectivity index (χ3n) is 4.82. The number of carbonyl (C=O) groups is 1. The van der Waals surface area contributed by atoms with Gasteiger partial charge in [-0.1, -0.05) is 18.2 Å². The molecule has 2 heterocycles. The predicted molar refractivity (Wildman–Crippen MR) is 117 cm³/mol. The summed E-state index contributed by atoms with van der Waals surface area (Å²) in [5.41, 5.74) is 1.64. The molecule has 0 bridgehead atoms. The number of sulfonamides is 1. The van der Waals surface area contributed by atoms with E-state index < -0.39 is 26.9 Å². The summed E-state index contributed by atoms with van der Waals surface area (Å²) in [6.45, 7) is 0. The van der Waals surface area contributed by atoms with E-state index in [2.05, 4.69) is 9.82 Å². The number of carbonyl (C=O) groups excluding carboxylic acids is 1. The quantitative estimate of drug-likeness (QED) is 0.447. The Morgan fingerprint density at radius 2 is 1.94 bits per heavy atom. The van der Waals surface area contributed by atoms with Gasteiger partial charge in [-0.3, -0.25) is 19.6 Å². The molecule has 1 aliphatic heterocycles. The molecule has 0 radical (unpaired) electrons. The molecule has 1 aromatic heterocycles. The van der Waals surface area contributed by atoms with E-state index in [1.54, 1.807) is 36.4 Å². The van der Waals surface area contributed by atoms with Crippen molar-refractivity contribution < 1.29 is 22.6 Å². The van der Waals surface area contributed by atoms with E-state index in [4.69, 9.17) is 4.42 Å². The first-order chi connectivity index (χ1) is 15.2. The fraction of sp³-hybridized carbons (Fsp3) is 0.143. The van der Waals surface area contributed by atoms with Crippen LogP contribution < -0.4 is 4.72 Å². The van der Waals surface area contributed by atoms with Gasteiger partial charge >= 0.3 is 0 Å². The van der Waals surface area contributed by atoms with Gasteiger partial charge in [-0.05, 0) is 35.9 Å². The first kappa shape index (κ1) is 21.2. The second-order valence-electron chi connectivity index (χ2n) is 7.19. The zero-order chi connectivity index (χ0) is 22.9. The average Bonchev–Trinajstić information content (AvgIpc) is 3.42. The molecule has 3 aromatic rings. The van der Waals surface area contributed by atoms with Crippen LogP contribution in [0.15, 0.2) is 76.4 Å². The first-order valence-corrected chi connectivity index (χ1v) is 11.4. The Bertz CT molecular complexity index is 1300. The zero-order valence-electron chi connectivity index (χ0n) is 16.8. The van der Waals surface area contributed by atoms with Crippen molar-refractivity contribution in [2.75, 3.05) is 11.0 Å². The second-order valence-corrected chi connectivity index (χ2v) is 8.94. The van der Waals surface area contributed by atoms with Crippen LogP contribution in [-0.2, 0) is 10.0 Å². The van der Waals surface area contributed by atoms with Crippen molar-refractivity contribution in [3.63, 3.8) is 0 Å². The minimum atomic E-state index is -3.40. The average molecular weight is 454 g/mol. The van der Waals surface area contributed by atoms with Crippen LogP contribution in [0.25, 0.3) is 0 Å². The van der Waals surface area contributed by atoms with Crippen LogP contribution in [0.3, 0.4) is 0 Å². The van der Waals surface area contributed by atoms with Gasteiger partial charge in [0.2, 0.25) is 10.0 Å². The molecule has 1 aliphatic rings. The van der Waals surface area contributed by atoms with Crippen LogP contribution in [0, 0.1) is 10.1 Å². The second kappa shape index (κ2) is 8.27. The highest BCUT2D eigenvalue weighted by molar-refractivity contribution is 7.92. The number of hydrazone groups is 1. The van der Waals surface area contributed by atoms with Crippen LogP contribution >= 0.6 is 0 Å². The summed E-state index contributed by atoms with van der Waals surface area (Å²) in [6.07, 6.45) is 2.91. The molecule has 0 aliphatic carbocycles. The number of furan rings is 1. The van der Waals surface area contributed by atoms with Gasteiger partial charge in [-0.25, -0.2) is 13.4 Å². The van der Waals surface area contributed by atoms with Crippen LogP contribution in [0.2, 0.25) is 0 Å². The number of nitrogens with one attached hydrogen (secondary N) is 1. The number of rotatable bonds is 6. The SMILES string of the molecule is CS(=O)(=O)Nc1ccc(C2=NN(C(=O)c3cccc([N+](=O)[O-])c3)[C@H](c3ccco3)C2)cc1. The van der Waals surface area contributed by atoms with Crippen molar-refractivity contribution in [1.82, 2.24) is 5.01 Å². The van der Waals surface area contributed by atoms with Crippen LogP contribution in [0.5, 0.6) is 0 Å². The number of nitro benzene ring substituents is 1. The highest BCUT2D eigenvalue weighted by Gasteiger charge is 2.35. The van der Waals surface area contributed by atoms with E-state index in [1.807, 2.05) is 0 Å². The molecule has 0 spiro atoms. The Morgan fingerprint density at radius 1 is 1.19 bits per heavy atom. The largest absolute Gasteiger partial charge is 0.467 e. The summed E-state index contributed by atoms with van der Waals surface area (Å²) < 4.78 is 30.7. The van der Waals surface area contributed by atoms with Crippen molar-refractivity contribution in [3.05, 3.63) is 93.9 Å². The van der Waals surface area contributed by atoms with Gasteiger partial charge in [0.05, 0.1) is 23.2 Å². The molecule has 1 N–H and O–H groups in total. The van der Waals surface area contributed by atoms with Gasteiger partial charge in [0, 0.05) is 29.8 Å². The molecule has 2 aromatic carbocycles. The number of nitrogens with zero attached hydrogens (tertiary/aromatic N) is 3. The fourth-order valence-corrected chi connectivity index (χ4v) is 3.97. The summed E-state index contributed by atoms with van der Waals surface area (Å²) >= 11 is 0. The van der Waals surface area contributed by atoms with Crippen LogP contribution in [-0.4, -0.2) is 36.2 Å². The first-order valence-electron chi connectivity index (χ1n) is 9.48. The highest BCUT2D eigenvalue weighted by Crippen LogP contribution is 2.34. The van der Waals surface area contributed by atoms with E-state index in [0.29, 0.717) is 29.1 Å². The molecule has 0 fully saturated rings. The molecule has 1 atom stereocenters. The number of non-ortho nitro benzene ring substituents is 1. The molecule has 4 rings (SSSR count). The van der Waals surface area contributed by atoms with Crippen LogP contribution in [0.4, 0.5) is 11.4 Å². The minimum absolute atomic E-state index is 0.133. The number of anilines is 1.